The molecule has 0 atom stereocenters. The molecule has 20 heavy (non-hydrogen) atoms. The van der Waals surface area contributed by atoms with E-state index in [2.05, 4.69) is 10.3 Å². The highest BCUT2D eigenvalue weighted by Gasteiger charge is 2.04. The van der Waals surface area contributed by atoms with Crippen LogP contribution < -0.4 is 10.1 Å². The second-order valence-corrected chi connectivity index (χ2v) is 4.17. The highest BCUT2D eigenvalue weighted by atomic mass is 19.1. The van der Waals surface area contributed by atoms with Crippen molar-refractivity contribution < 1.29 is 13.9 Å². The Morgan fingerprint density at radius 3 is 2.70 bits per heavy atom. The summed E-state index contributed by atoms with van der Waals surface area (Å²) < 4.78 is 18.5. The third kappa shape index (κ3) is 4.35. The Hall–Kier alpha value is -2.43. The van der Waals surface area contributed by atoms with E-state index in [0.29, 0.717) is 25.1 Å². The first kappa shape index (κ1) is 14.0. The molecular formula is C15H15FN2O2. The van der Waals surface area contributed by atoms with Crippen molar-refractivity contribution in [1.29, 1.82) is 0 Å². The fourth-order valence-corrected chi connectivity index (χ4v) is 1.64. The summed E-state index contributed by atoms with van der Waals surface area (Å²) in [5.41, 5.74) is 0.708. The van der Waals surface area contributed by atoms with Crippen LogP contribution in [0.4, 0.5) is 10.1 Å². The molecule has 1 N–H and O–H groups in total. The van der Waals surface area contributed by atoms with Gasteiger partial charge in [0.15, 0.2) is 11.6 Å². The average Bonchev–Trinajstić information content (AvgIpc) is 2.46. The molecule has 1 aromatic carbocycles. The lowest BCUT2D eigenvalue weighted by atomic mass is 10.3. The number of amides is 1. The van der Waals surface area contributed by atoms with Crippen molar-refractivity contribution in [3.05, 3.63) is 54.6 Å². The lowest BCUT2D eigenvalue weighted by Gasteiger charge is -2.07. The first-order chi connectivity index (χ1) is 9.75. The van der Waals surface area contributed by atoms with Crippen molar-refractivity contribution in [1.82, 2.24) is 4.98 Å². The molecule has 2 aromatic rings. The van der Waals surface area contributed by atoms with Crippen LogP contribution in [0.2, 0.25) is 0 Å². The number of pyridine rings is 1. The number of nitrogens with zero attached hydrogens (tertiary/aromatic N) is 1. The van der Waals surface area contributed by atoms with Crippen molar-refractivity contribution >= 4 is 11.6 Å². The number of hydrogen-bond donors (Lipinski definition) is 1. The predicted octanol–water partition coefficient (Wildman–Crippen LogP) is 3.02. The van der Waals surface area contributed by atoms with E-state index >= 15 is 0 Å². The van der Waals surface area contributed by atoms with Crippen LogP contribution in [0.25, 0.3) is 0 Å². The third-order valence-corrected chi connectivity index (χ3v) is 2.61. The zero-order chi connectivity index (χ0) is 14.2. The van der Waals surface area contributed by atoms with Crippen LogP contribution in [-0.2, 0) is 4.79 Å². The van der Waals surface area contributed by atoms with Gasteiger partial charge in [-0.2, -0.15) is 0 Å². The number of halogens is 1. The van der Waals surface area contributed by atoms with Crippen LogP contribution in [0.3, 0.4) is 0 Å². The summed E-state index contributed by atoms with van der Waals surface area (Å²) in [6.45, 7) is 0.296. The van der Waals surface area contributed by atoms with Gasteiger partial charge in [-0.15, -0.1) is 0 Å². The van der Waals surface area contributed by atoms with Gasteiger partial charge in [-0.25, -0.2) is 4.39 Å². The van der Waals surface area contributed by atoms with E-state index in [0.717, 1.165) is 0 Å². The quantitative estimate of drug-likeness (QED) is 0.824. The molecule has 0 saturated heterocycles. The number of hydrogen-bond acceptors (Lipinski definition) is 3. The Labute approximate surface area is 116 Å². The maximum atomic E-state index is 13.3. The van der Waals surface area contributed by atoms with Gasteiger partial charge < -0.3 is 10.1 Å². The minimum atomic E-state index is -0.395. The Morgan fingerprint density at radius 1 is 1.20 bits per heavy atom. The number of para-hydroxylation sites is 1. The Morgan fingerprint density at radius 2 is 1.95 bits per heavy atom. The summed E-state index contributed by atoms with van der Waals surface area (Å²) in [5.74, 6) is -0.288. The number of carbonyl (C=O) groups is 1. The number of aromatic nitrogens is 1. The SMILES string of the molecule is O=C(CCCOc1ccccc1F)Nc1ccncc1. The first-order valence-corrected chi connectivity index (χ1v) is 6.33. The largest absolute Gasteiger partial charge is 0.491 e. The number of rotatable bonds is 6. The maximum Gasteiger partial charge on any atom is 0.224 e. The molecule has 2 rings (SSSR count). The van der Waals surface area contributed by atoms with E-state index in [4.69, 9.17) is 4.74 Å². The molecule has 0 saturated carbocycles. The number of anilines is 1. The summed E-state index contributed by atoms with van der Waals surface area (Å²) >= 11 is 0. The highest BCUT2D eigenvalue weighted by Crippen LogP contribution is 2.15. The van der Waals surface area contributed by atoms with Gasteiger partial charge in [0, 0.05) is 24.5 Å². The third-order valence-electron chi connectivity index (χ3n) is 2.61. The van der Waals surface area contributed by atoms with Crippen LogP contribution in [0, 0.1) is 5.82 Å². The van der Waals surface area contributed by atoms with E-state index in [1.54, 1.807) is 42.7 Å². The molecule has 0 fully saturated rings. The van der Waals surface area contributed by atoms with Crippen molar-refractivity contribution in [2.75, 3.05) is 11.9 Å². The molecule has 5 heteroatoms. The fraction of sp³-hybridized carbons (Fsp3) is 0.200. The summed E-state index contributed by atoms with van der Waals surface area (Å²) in [6.07, 6.45) is 4.05. The normalized spacial score (nSPS) is 10.1. The van der Waals surface area contributed by atoms with E-state index < -0.39 is 5.82 Å². The maximum absolute atomic E-state index is 13.3. The van der Waals surface area contributed by atoms with Gasteiger partial charge in [-0.1, -0.05) is 12.1 Å². The van der Waals surface area contributed by atoms with E-state index in [-0.39, 0.29) is 11.7 Å². The van der Waals surface area contributed by atoms with Crippen LogP contribution >= 0.6 is 0 Å². The zero-order valence-electron chi connectivity index (χ0n) is 10.9. The van der Waals surface area contributed by atoms with E-state index in [1.165, 1.54) is 6.07 Å². The van der Waals surface area contributed by atoms with E-state index in [1.807, 2.05) is 0 Å². The molecule has 0 radical (unpaired) electrons. The summed E-state index contributed by atoms with van der Waals surface area (Å²) in [6, 6.07) is 9.64. The minimum Gasteiger partial charge on any atom is -0.491 e. The molecule has 0 aliphatic heterocycles. The number of ether oxygens (including phenoxy) is 1. The molecule has 4 nitrogen and oxygen atoms in total. The minimum absolute atomic E-state index is 0.103. The zero-order valence-corrected chi connectivity index (χ0v) is 10.9. The number of carbonyl (C=O) groups excluding carboxylic acids is 1. The molecule has 0 aliphatic rings. The van der Waals surface area contributed by atoms with Gasteiger partial charge >= 0.3 is 0 Å². The first-order valence-electron chi connectivity index (χ1n) is 6.33. The highest BCUT2D eigenvalue weighted by molar-refractivity contribution is 5.90. The molecule has 104 valence electrons. The molecule has 0 bridgehead atoms. The average molecular weight is 274 g/mol. The van der Waals surface area contributed by atoms with Crippen molar-refractivity contribution in [2.45, 2.75) is 12.8 Å². The molecule has 1 heterocycles. The van der Waals surface area contributed by atoms with Crippen molar-refractivity contribution in [2.24, 2.45) is 0 Å². The molecule has 0 spiro atoms. The van der Waals surface area contributed by atoms with Crippen molar-refractivity contribution in [3.8, 4) is 5.75 Å². The fourth-order valence-electron chi connectivity index (χ4n) is 1.64. The van der Waals surface area contributed by atoms with Crippen LogP contribution in [0.5, 0.6) is 5.75 Å². The van der Waals surface area contributed by atoms with Crippen LogP contribution in [-0.4, -0.2) is 17.5 Å². The second kappa shape index (κ2) is 7.23. The Balaban J connectivity index is 1.69. The molecule has 1 aromatic heterocycles. The van der Waals surface area contributed by atoms with Gasteiger partial charge in [0.1, 0.15) is 0 Å². The van der Waals surface area contributed by atoms with Crippen LogP contribution in [0.15, 0.2) is 48.8 Å². The van der Waals surface area contributed by atoms with Crippen LogP contribution in [0.1, 0.15) is 12.8 Å². The van der Waals surface area contributed by atoms with Crippen molar-refractivity contribution in [3.63, 3.8) is 0 Å². The molecule has 1 amide bonds. The molecule has 0 unspecified atom stereocenters. The van der Waals surface area contributed by atoms with Gasteiger partial charge in [-0.05, 0) is 30.7 Å². The standard InChI is InChI=1S/C15H15FN2O2/c16-13-4-1-2-5-14(13)20-11-3-6-15(19)18-12-7-9-17-10-8-12/h1-2,4-5,7-10H,3,6,11H2,(H,17,18,19). The predicted molar refractivity (Wildman–Crippen MR) is 74.0 cm³/mol. The summed E-state index contributed by atoms with van der Waals surface area (Å²) in [7, 11) is 0. The van der Waals surface area contributed by atoms with Gasteiger partial charge in [0.25, 0.3) is 0 Å². The summed E-state index contributed by atoms with van der Waals surface area (Å²) in [5, 5.41) is 2.74. The Kier molecular flexibility index (Phi) is 5.06. The number of benzene rings is 1. The monoisotopic (exact) mass is 274 g/mol. The molecular weight excluding hydrogens is 259 g/mol. The second-order valence-electron chi connectivity index (χ2n) is 4.17. The summed E-state index contributed by atoms with van der Waals surface area (Å²) in [4.78, 5) is 15.5. The lowest BCUT2D eigenvalue weighted by molar-refractivity contribution is -0.116. The van der Waals surface area contributed by atoms with Gasteiger partial charge in [0.2, 0.25) is 5.91 Å². The smallest absolute Gasteiger partial charge is 0.224 e. The topological polar surface area (TPSA) is 51.2 Å². The molecule has 0 aliphatic carbocycles. The van der Waals surface area contributed by atoms with Gasteiger partial charge in [0.05, 0.1) is 6.61 Å². The Bertz CT molecular complexity index is 561. The number of nitrogens with one attached hydrogen (secondary N) is 1. The van der Waals surface area contributed by atoms with Gasteiger partial charge in [-0.3, -0.25) is 9.78 Å². The lowest BCUT2D eigenvalue weighted by Crippen LogP contribution is -2.12. The van der Waals surface area contributed by atoms with E-state index in [9.17, 15) is 9.18 Å².